The van der Waals surface area contributed by atoms with Crippen LogP contribution in [0.15, 0.2) is 53.6 Å². The minimum Gasteiger partial charge on any atom is -0.495 e. The zero-order valence-electron chi connectivity index (χ0n) is 18.2. The number of carboxylic acid groups (broad SMARTS) is 1. The predicted octanol–water partition coefficient (Wildman–Crippen LogP) is 4.44. The molecule has 0 saturated heterocycles. The standard InChI is InChI=1S/C22H23ClN4O5S/c1-13(2)33(30,31)19-7-5-4-6-16(19)25-21-15(23)12-24-22(27-21)26-17-10-14(11-20(28)29)8-9-18(17)32-3/h4-10,12-13H,11H2,1-3H3,(H,28,29)(H2,24,25,26,27). The molecule has 1 heterocycles. The van der Waals surface area contributed by atoms with Crippen LogP contribution in [0, 0.1) is 0 Å². The van der Waals surface area contributed by atoms with Gasteiger partial charge in [-0.3, -0.25) is 4.79 Å². The first-order valence-electron chi connectivity index (χ1n) is 9.90. The van der Waals surface area contributed by atoms with Crippen LogP contribution in [0.2, 0.25) is 5.02 Å². The lowest BCUT2D eigenvalue weighted by atomic mass is 10.1. The zero-order chi connectivity index (χ0) is 24.2. The second kappa shape index (κ2) is 10.1. The van der Waals surface area contributed by atoms with Gasteiger partial charge < -0.3 is 20.5 Å². The van der Waals surface area contributed by atoms with E-state index < -0.39 is 21.1 Å². The number of methoxy groups -OCH3 is 1. The smallest absolute Gasteiger partial charge is 0.307 e. The molecule has 0 bridgehead atoms. The van der Waals surface area contributed by atoms with Crippen LogP contribution in [0.25, 0.3) is 0 Å². The number of benzene rings is 2. The number of halogens is 1. The van der Waals surface area contributed by atoms with Crippen molar-refractivity contribution in [3.8, 4) is 5.75 Å². The third-order valence-electron chi connectivity index (χ3n) is 4.68. The van der Waals surface area contributed by atoms with E-state index in [1.54, 1.807) is 50.2 Å². The molecule has 0 aliphatic heterocycles. The first-order chi connectivity index (χ1) is 15.6. The number of para-hydroxylation sites is 1. The molecule has 0 saturated carbocycles. The molecular formula is C22H23ClN4O5S. The molecule has 0 amide bonds. The number of carboxylic acids is 1. The van der Waals surface area contributed by atoms with E-state index in [0.717, 1.165) is 0 Å². The zero-order valence-corrected chi connectivity index (χ0v) is 19.7. The molecular weight excluding hydrogens is 468 g/mol. The fraction of sp³-hybridized carbons (Fsp3) is 0.227. The number of nitrogens with zero attached hydrogens (tertiary/aromatic N) is 2. The molecule has 0 aliphatic carbocycles. The number of nitrogens with one attached hydrogen (secondary N) is 2. The number of sulfone groups is 1. The van der Waals surface area contributed by atoms with E-state index in [1.807, 2.05) is 0 Å². The topological polar surface area (TPSA) is 131 Å². The van der Waals surface area contributed by atoms with E-state index in [2.05, 4.69) is 20.6 Å². The maximum atomic E-state index is 12.7. The Morgan fingerprint density at radius 1 is 1.15 bits per heavy atom. The number of rotatable bonds is 9. The monoisotopic (exact) mass is 490 g/mol. The molecule has 3 aromatic rings. The Morgan fingerprint density at radius 2 is 1.88 bits per heavy atom. The normalized spacial score (nSPS) is 11.3. The number of hydrogen-bond donors (Lipinski definition) is 3. The number of hydrogen-bond acceptors (Lipinski definition) is 8. The quantitative estimate of drug-likeness (QED) is 0.398. The highest BCUT2D eigenvalue weighted by atomic mass is 35.5. The summed E-state index contributed by atoms with van der Waals surface area (Å²) < 4.78 is 30.8. The van der Waals surface area contributed by atoms with Gasteiger partial charge in [-0.05, 0) is 43.7 Å². The summed E-state index contributed by atoms with van der Waals surface area (Å²) in [6.07, 6.45) is 1.21. The second-order valence-electron chi connectivity index (χ2n) is 7.34. The van der Waals surface area contributed by atoms with Crippen molar-refractivity contribution in [1.82, 2.24) is 9.97 Å². The predicted molar refractivity (Wildman–Crippen MR) is 127 cm³/mol. The number of aromatic nitrogens is 2. The first-order valence-corrected chi connectivity index (χ1v) is 11.8. The lowest BCUT2D eigenvalue weighted by molar-refractivity contribution is -0.136. The van der Waals surface area contributed by atoms with E-state index in [0.29, 0.717) is 22.7 Å². The van der Waals surface area contributed by atoms with Crippen LogP contribution in [-0.2, 0) is 21.1 Å². The van der Waals surface area contributed by atoms with E-state index in [9.17, 15) is 13.2 Å². The average Bonchev–Trinajstić information content (AvgIpc) is 2.76. The Balaban J connectivity index is 1.95. The molecule has 0 atom stereocenters. The Morgan fingerprint density at radius 3 is 2.55 bits per heavy atom. The Hall–Kier alpha value is -3.37. The molecule has 0 fully saturated rings. The molecule has 33 heavy (non-hydrogen) atoms. The minimum atomic E-state index is -3.55. The van der Waals surface area contributed by atoms with Gasteiger partial charge in [0.1, 0.15) is 10.8 Å². The molecule has 0 unspecified atom stereocenters. The summed E-state index contributed by atoms with van der Waals surface area (Å²) in [7, 11) is -2.07. The highest BCUT2D eigenvalue weighted by molar-refractivity contribution is 7.92. The first kappa shape index (κ1) is 24.3. The van der Waals surface area contributed by atoms with Gasteiger partial charge in [0.2, 0.25) is 5.95 Å². The summed E-state index contributed by atoms with van der Waals surface area (Å²) in [6.45, 7) is 3.22. The van der Waals surface area contributed by atoms with Gasteiger partial charge in [-0.1, -0.05) is 29.8 Å². The average molecular weight is 491 g/mol. The van der Waals surface area contributed by atoms with Crippen molar-refractivity contribution in [2.24, 2.45) is 0 Å². The summed E-state index contributed by atoms with van der Waals surface area (Å²) in [4.78, 5) is 19.7. The van der Waals surface area contributed by atoms with Gasteiger partial charge >= 0.3 is 5.97 Å². The van der Waals surface area contributed by atoms with Gasteiger partial charge in [0.05, 0.1) is 41.2 Å². The number of anilines is 4. The lowest BCUT2D eigenvalue weighted by Gasteiger charge is -2.16. The Bertz CT molecular complexity index is 1280. The summed E-state index contributed by atoms with van der Waals surface area (Å²) in [5.41, 5.74) is 1.36. The van der Waals surface area contributed by atoms with Gasteiger partial charge in [-0.25, -0.2) is 13.4 Å². The van der Waals surface area contributed by atoms with Gasteiger partial charge in [0.25, 0.3) is 0 Å². The van der Waals surface area contributed by atoms with Crippen molar-refractivity contribution in [2.75, 3.05) is 17.7 Å². The highest BCUT2D eigenvalue weighted by Gasteiger charge is 2.23. The van der Waals surface area contributed by atoms with Crippen molar-refractivity contribution in [1.29, 1.82) is 0 Å². The van der Waals surface area contributed by atoms with Crippen LogP contribution < -0.4 is 15.4 Å². The fourth-order valence-corrected chi connectivity index (χ4v) is 4.31. The summed E-state index contributed by atoms with van der Waals surface area (Å²) in [5, 5.41) is 14.6. The van der Waals surface area contributed by atoms with Crippen LogP contribution in [-0.4, -0.2) is 41.8 Å². The molecule has 0 radical (unpaired) electrons. The molecule has 3 rings (SSSR count). The Labute approximate surface area is 196 Å². The van der Waals surface area contributed by atoms with Crippen molar-refractivity contribution in [3.05, 3.63) is 59.2 Å². The van der Waals surface area contributed by atoms with Crippen LogP contribution in [0.1, 0.15) is 19.4 Å². The Kier molecular flexibility index (Phi) is 7.39. The minimum absolute atomic E-state index is 0.132. The van der Waals surface area contributed by atoms with Crippen LogP contribution in [0.3, 0.4) is 0 Å². The summed E-state index contributed by atoms with van der Waals surface area (Å²) >= 11 is 6.26. The molecule has 3 N–H and O–H groups in total. The maximum absolute atomic E-state index is 12.7. The van der Waals surface area contributed by atoms with Crippen LogP contribution in [0.4, 0.5) is 23.1 Å². The van der Waals surface area contributed by atoms with E-state index in [1.165, 1.54) is 19.4 Å². The van der Waals surface area contributed by atoms with Crippen LogP contribution in [0.5, 0.6) is 5.75 Å². The van der Waals surface area contributed by atoms with E-state index >= 15 is 0 Å². The van der Waals surface area contributed by atoms with E-state index in [4.69, 9.17) is 21.4 Å². The van der Waals surface area contributed by atoms with Gasteiger partial charge in [0, 0.05) is 0 Å². The summed E-state index contributed by atoms with van der Waals surface area (Å²) in [6, 6.07) is 11.4. The van der Waals surface area contributed by atoms with Crippen molar-refractivity contribution >= 4 is 50.5 Å². The molecule has 0 aliphatic rings. The molecule has 0 spiro atoms. The second-order valence-corrected chi connectivity index (χ2v) is 10.2. The maximum Gasteiger partial charge on any atom is 0.307 e. The van der Waals surface area contributed by atoms with Gasteiger partial charge in [0.15, 0.2) is 15.7 Å². The van der Waals surface area contributed by atoms with Crippen LogP contribution >= 0.6 is 11.6 Å². The fourth-order valence-electron chi connectivity index (χ4n) is 2.97. The third kappa shape index (κ3) is 5.71. The lowest BCUT2D eigenvalue weighted by Crippen LogP contribution is -2.15. The molecule has 11 heteroatoms. The number of carbonyl (C=O) groups is 1. The highest BCUT2D eigenvalue weighted by Crippen LogP contribution is 2.32. The largest absolute Gasteiger partial charge is 0.495 e. The van der Waals surface area contributed by atoms with E-state index in [-0.39, 0.29) is 28.1 Å². The molecule has 1 aromatic heterocycles. The molecule has 9 nitrogen and oxygen atoms in total. The van der Waals surface area contributed by atoms with Crippen molar-refractivity contribution < 1.29 is 23.1 Å². The van der Waals surface area contributed by atoms with Crippen molar-refractivity contribution in [2.45, 2.75) is 30.4 Å². The van der Waals surface area contributed by atoms with Gasteiger partial charge in [-0.15, -0.1) is 0 Å². The van der Waals surface area contributed by atoms with Gasteiger partial charge in [-0.2, -0.15) is 4.98 Å². The SMILES string of the molecule is COc1ccc(CC(=O)O)cc1Nc1ncc(Cl)c(Nc2ccccc2S(=O)(=O)C(C)C)n1. The number of aliphatic carboxylic acids is 1. The molecule has 2 aromatic carbocycles. The third-order valence-corrected chi connectivity index (χ3v) is 7.16. The summed E-state index contributed by atoms with van der Waals surface area (Å²) in [5.74, 6) is -0.154. The van der Waals surface area contributed by atoms with Crippen molar-refractivity contribution in [3.63, 3.8) is 0 Å². The molecule has 174 valence electrons. The number of ether oxygens (including phenoxy) is 1.